The van der Waals surface area contributed by atoms with Gasteiger partial charge in [0.1, 0.15) is 6.04 Å². The fraction of sp³-hybridized carbons (Fsp3) is 0.231. The summed E-state index contributed by atoms with van der Waals surface area (Å²) in [5.41, 5.74) is 1.51. The number of carbonyl (C=O) groups excluding carboxylic acids is 4. The number of allylic oxidation sites excluding steroid dienone is 6. The molecule has 0 bridgehead atoms. The first kappa shape index (κ1) is 25.4. The normalized spacial score (nSPS) is 21.1. The molecule has 1 aliphatic carbocycles. The third-order valence-corrected chi connectivity index (χ3v) is 7.10. The minimum Gasteiger partial charge on any atom is -0.453 e. The topological polar surface area (TPSA) is 105 Å². The number of carbonyl (C=O) groups is 4. The maximum Gasteiger partial charge on any atom is 0.410 e. The molecule has 3 atom stereocenters. The van der Waals surface area contributed by atoms with E-state index in [2.05, 4.69) is 10.6 Å². The summed E-state index contributed by atoms with van der Waals surface area (Å²) < 4.78 is 5.35. The second kappa shape index (κ2) is 11.4. The number of nitrogens with one attached hydrogen (secondary N) is 2. The standard InChI is InChI=1S/C26H24ClN3O5S/c1-35-26(34)30-15-19(29-25(33)22-12-13-23(27)36-22)14-21(30)24(32)28-18-9-6-17(7-10-18)16-4-2-3-5-20(31)11-8-16/h2-13,16,19,21H,14-15H2,1H3,(H,28,32)(H,29,33)/t16?,19-,21?/m0/s1. The van der Waals surface area contributed by atoms with Gasteiger partial charge in [0, 0.05) is 24.2 Å². The highest BCUT2D eigenvalue weighted by atomic mass is 35.5. The lowest BCUT2D eigenvalue weighted by molar-refractivity contribution is -0.120. The molecule has 186 valence electrons. The Morgan fingerprint density at radius 1 is 1.06 bits per heavy atom. The molecule has 1 fully saturated rings. The van der Waals surface area contributed by atoms with Crippen LogP contribution in [0.1, 0.15) is 27.6 Å². The zero-order chi connectivity index (χ0) is 25.7. The highest BCUT2D eigenvalue weighted by Crippen LogP contribution is 2.25. The van der Waals surface area contributed by atoms with Gasteiger partial charge in [0.15, 0.2) is 5.78 Å². The Morgan fingerprint density at radius 2 is 1.83 bits per heavy atom. The highest BCUT2D eigenvalue weighted by Gasteiger charge is 2.41. The Morgan fingerprint density at radius 3 is 2.53 bits per heavy atom. The van der Waals surface area contributed by atoms with Gasteiger partial charge in [0.2, 0.25) is 5.91 Å². The monoisotopic (exact) mass is 525 g/mol. The van der Waals surface area contributed by atoms with E-state index < -0.39 is 18.2 Å². The van der Waals surface area contributed by atoms with E-state index in [4.69, 9.17) is 16.3 Å². The van der Waals surface area contributed by atoms with E-state index in [0.29, 0.717) is 14.9 Å². The van der Waals surface area contributed by atoms with Gasteiger partial charge in [0.25, 0.3) is 5.91 Å². The summed E-state index contributed by atoms with van der Waals surface area (Å²) >= 11 is 7.07. The predicted octanol–water partition coefficient (Wildman–Crippen LogP) is 4.31. The Bertz CT molecular complexity index is 1250. The van der Waals surface area contributed by atoms with E-state index in [1.54, 1.807) is 30.3 Å². The van der Waals surface area contributed by atoms with Crippen LogP contribution in [0.4, 0.5) is 10.5 Å². The smallest absolute Gasteiger partial charge is 0.410 e. The lowest BCUT2D eigenvalue weighted by Gasteiger charge is -2.22. The predicted molar refractivity (Wildman–Crippen MR) is 138 cm³/mol. The van der Waals surface area contributed by atoms with Gasteiger partial charge in [0.05, 0.1) is 16.3 Å². The van der Waals surface area contributed by atoms with Crippen molar-refractivity contribution in [2.24, 2.45) is 0 Å². The second-order valence-electron chi connectivity index (χ2n) is 8.29. The Kier molecular flexibility index (Phi) is 8.02. The van der Waals surface area contributed by atoms with Gasteiger partial charge in [-0.1, -0.05) is 48.0 Å². The molecule has 0 saturated carbocycles. The number of nitrogens with zero attached hydrogens (tertiary/aromatic N) is 1. The number of ether oxygens (including phenoxy) is 1. The zero-order valence-corrected chi connectivity index (χ0v) is 20.9. The average molecular weight is 526 g/mol. The summed E-state index contributed by atoms with van der Waals surface area (Å²) in [6.45, 7) is 0.141. The molecule has 2 heterocycles. The van der Waals surface area contributed by atoms with Crippen molar-refractivity contribution < 1.29 is 23.9 Å². The van der Waals surface area contributed by atoms with Gasteiger partial charge in [-0.3, -0.25) is 19.3 Å². The number of halogens is 1. The average Bonchev–Trinajstić information content (AvgIpc) is 3.48. The van der Waals surface area contributed by atoms with Crippen LogP contribution in [-0.4, -0.2) is 54.3 Å². The summed E-state index contributed by atoms with van der Waals surface area (Å²) in [6, 6.07) is 9.29. The summed E-state index contributed by atoms with van der Waals surface area (Å²) in [5, 5.41) is 5.71. The number of hydrogen-bond acceptors (Lipinski definition) is 6. The Balaban J connectivity index is 1.42. The molecule has 1 aromatic carbocycles. The Hall–Kier alpha value is -3.69. The molecule has 2 N–H and O–H groups in total. The number of methoxy groups -OCH3 is 1. The van der Waals surface area contributed by atoms with Crippen LogP contribution in [0, 0.1) is 0 Å². The van der Waals surface area contributed by atoms with E-state index in [1.165, 1.54) is 24.2 Å². The minimum absolute atomic E-state index is 0.0732. The lowest BCUT2D eigenvalue weighted by atomic mass is 9.96. The van der Waals surface area contributed by atoms with Gasteiger partial charge in [-0.2, -0.15) is 0 Å². The Labute approximate surface area is 217 Å². The SMILES string of the molecule is COC(=O)N1C[C@@H](NC(=O)c2ccc(Cl)s2)CC1C(=O)Nc1ccc(C2C=CC=CC(=O)C=C2)cc1. The quantitative estimate of drug-likeness (QED) is 0.605. The van der Waals surface area contributed by atoms with Crippen molar-refractivity contribution in [3.05, 3.63) is 87.6 Å². The third kappa shape index (κ3) is 6.10. The van der Waals surface area contributed by atoms with Crippen molar-refractivity contribution in [2.75, 3.05) is 19.0 Å². The summed E-state index contributed by atoms with van der Waals surface area (Å²) in [6.07, 6.45) is 9.94. The van der Waals surface area contributed by atoms with Gasteiger partial charge in [-0.05, 0) is 48.4 Å². The molecule has 2 aromatic rings. The molecule has 36 heavy (non-hydrogen) atoms. The maximum absolute atomic E-state index is 13.1. The number of anilines is 1. The lowest BCUT2D eigenvalue weighted by Crippen LogP contribution is -2.43. The van der Waals surface area contributed by atoms with Crippen LogP contribution in [0.25, 0.3) is 0 Å². The number of ketones is 1. The van der Waals surface area contributed by atoms with Crippen molar-refractivity contribution in [3.63, 3.8) is 0 Å². The summed E-state index contributed by atoms with van der Waals surface area (Å²) in [7, 11) is 1.25. The molecular weight excluding hydrogens is 502 g/mol. The number of rotatable bonds is 5. The number of amides is 3. The maximum atomic E-state index is 13.1. The first-order valence-corrected chi connectivity index (χ1v) is 12.4. The van der Waals surface area contributed by atoms with Crippen molar-refractivity contribution in [3.8, 4) is 0 Å². The third-order valence-electron chi connectivity index (χ3n) is 5.87. The summed E-state index contributed by atoms with van der Waals surface area (Å²) in [4.78, 5) is 51.4. The minimum atomic E-state index is -0.816. The van der Waals surface area contributed by atoms with E-state index >= 15 is 0 Å². The molecule has 2 aliphatic rings. The zero-order valence-electron chi connectivity index (χ0n) is 19.3. The van der Waals surface area contributed by atoms with Crippen molar-refractivity contribution in [1.29, 1.82) is 0 Å². The molecule has 1 saturated heterocycles. The van der Waals surface area contributed by atoms with Gasteiger partial charge in [-0.25, -0.2) is 4.79 Å². The van der Waals surface area contributed by atoms with Crippen LogP contribution in [0.15, 0.2) is 72.9 Å². The molecular formula is C26H24ClN3O5S. The molecule has 8 nitrogen and oxygen atoms in total. The van der Waals surface area contributed by atoms with E-state index in [9.17, 15) is 19.2 Å². The molecule has 2 unspecified atom stereocenters. The molecule has 4 rings (SSSR count). The van der Waals surface area contributed by atoms with Gasteiger partial charge >= 0.3 is 6.09 Å². The molecule has 1 aromatic heterocycles. The number of likely N-dealkylation sites (tertiary alicyclic amines) is 1. The van der Waals surface area contributed by atoms with Gasteiger partial charge < -0.3 is 15.4 Å². The highest BCUT2D eigenvalue weighted by molar-refractivity contribution is 7.18. The second-order valence-corrected chi connectivity index (χ2v) is 10.0. The van der Waals surface area contributed by atoms with Crippen LogP contribution in [-0.2, 0) is 14.3 Å². The van der Waals surface area contributed by atoms with Gasteiger partial charge in [-0.15, -0.1) is 11.3 Å². The largest absolute Gasteiger partial charge is 0.453 e. The molecule has 0 spiro atoms. The number of benzene rings is 1. The fourth-order valence-corrected chi connectivity index (χ4v) is 5.04. The summed E-state index contributed by atoms with van der Waals surface area (Å²) in [5.74, 6) is -0.844. The molecule has 0 radical (unpaired) electrons. The number of hydrogen-bond donors (Lipinski definition) is 2. The van der Waals surface area contributed by atoms with E-state index in [-0.39, 0.29) is 36.5 Å². The van der Waals surface area contributed by atoms with Crippen LogP contribution in [0.5, 0.6) is 0 Å². The van der Waals surface area contributed by atoms with Crippen molar-refractivity contribution in [2.45, 2.75) is 24.4 Å². The first-order chi connectivity index (χ1) is 17.3. The van der Waals surface area contributed by atoms with Crippen LogP contribution < -0.4 is 10.6 Å². The van der Waals surface area contributed by atoms with Crippen LogP contribution in [0.3, 0.4) is 0 Å². The van der Waals surface area contributed by atoms with E-state index in [0.717, 1.165) is 16.9 Å². The fourth-order valence-electron chi connectivity index (χ4n) is 4.09. The van der Waals surface area contributed by atoms with Crippen molar-refractivity contribution in [1.82, 2.24) is 10.2 Å². The number of thiophene rings is 1. The first-order valence-electron chi connectivity index (χ1n) is 11.2. The molecule has 1 aliphatic heterocycles. The van der Waals surface area contributed by atoms with E-state index in [1.807, 2.05) is 30.4 Å². The van der Waals surface area contributed by atoms with Crippen LogP contribution >= 0.6 is 22.9 Å². The molecule has 10 heteroatoms. The van der Waals surface area contributed by atoms with Crippen LogP contribution in [0.2, 0.25) is 4.34 Å². The van der Waals surface area contributed by atoms with Crippen molar-refractivity contribution >= 4 is 52.3 Å². The molecule has 3 amide bonds.